The number of carbonyl (C=O) groups excluding carboxylic acids is 1. The first-order valence-electron chi connectivity index (χ1n) is 6.07. The normalized spacial score (nSPS) is 12.0. The molecule has 1 aromatic carbocycles. The van der Waals surface area contributed by atoms with Gasteiger partial charge >= 0.3 is 5.97 Å². The summed E-state index contributed by atoms with van der Waals surface area (Å²) in [6.07, 6.45) is 0. The number of rotatable bonds is 4. The molecule has 0 saturated carbocycles. The Hall–Kier alpha value is -1.95. The van der Waals surface area contributed by atoms with E-state index in [1.54, 1.807) is 5.51 Å². The number of methoxy groups -OCH3 is 1. The minimum Gasteiger partial charge on any atom is -0.465 e. The molecule has 2 rings (SSSR count). The molecule has 0 bridgehead atoms. The number of thiazole rings is 1. The highest BCUT2D eigenvalue weighted by Crippen LogP contribution is 2.27. The summed E-state index contributed by atoms with van der Waals surface area (Å²) in [5, 5.41) is 3.20. The number of ether oxygens (including phenoxy) is 1. The zero-order chi connectivity index (χ0) is 14.7. The van der Waals surface area contributed by atoms with Crippen molar-refractivity contribution in [1.82, 2.24) is 4.98 Å². The second-order valence-electron chi connectivity index (χ2n) is 4.35. The Morgan fingerprint density at radius 1 is 1.50 bits per heavy atom. The van der Waals surface area contributed by atoms with Crippen LogP contribution in [0.25, 0.3) is 0 Å². The number of hydrogen-bond donors (Lipinski definition) is 1. The second-order valence-corrected chi connectivity index (χ2v) is 5.24. The van der Waals surface area contributed by atoms with Crippen LogP contribution in [0.5, 0.6) is 0 Å². The van der Waals surface area contributed by atoms with Crippen LogP contribution < -0.4 is 5.32 Å². The molecule has 0 spiro atoms. The van der Waals surface area contributed by atoms with Gasteiger partial charge in [0.25, 0.3) is 0 Å². The van der Waals surface area contributed by atoms with Gasteiger partial charge < -0.3 is 10.1 Å². The summed E-state index contributed by atoms with van der Waals surface area (Å²) in [7, 11) is 1.27. The van der Waals surface area contributed by atoms with Gasteiger partial charge in [0.2, 0.25) is 0 Å². The summed E-state index contributed by atoms with van der Waals surface area (Å²) in [5.74, 6) is -1.04. The third-order valence-electron chi connectivity index (χ3n) is 2.93. The first-order valence-corrected chi connectivity index (χ1v) is 6.95. The number of aryl methyl sites for hydroxylation is 1. The molecular formula is C14H15FN2O2S. The van der Waals surface area contributed by atoms with E-state index < -0.39 is 11.8 Å². The Labute approximate surface area is 120 Å². The van der Waals surface area contributed by atoms with Crippen molar-refractivity contribution in [3.8, 4) is 0 Å². The number of anilines is 1. The summed E-state index contributed by atoms with van der Waals surface area (Å²) >= 11 is 1.54. The number of nitrogens with zero attached hydrogens (tertiary/aromatic N) is 1. The number of benzene rings is 1. The van der Waals surface area contributed by atoms with Gasteiger partial charge in [-0.25, -0.2) is 14.2 Å². The van der Waals surface area contributed by atoms with Gasteiger partial charge in [-0.2, -0.15) is 0 Å². The number of halogens is 1. The van der Waals surface area contributed by atoms with Crippen molar-refractivity contribution in [2.24, 2.45) is 0 Å². The second kappa shape index (κ2) is 6.00. The Kier molecular flexibility index (Phi) is 4.34. The fourth-order valence-electron chi connectivity index (χ4n) is 1.95. The lowest BCUT2D eigenvalue weighted by molar-refractivity contribution is 0.0601. The highest BCUT2D eigenvalue weighted by molar-refractivity contribution is 7.09. The van der Waals surface area contributed by atoms with Gasteiger partial charge in [-0.3, -0.25) is 0 Å². The molecule has 0 saturated heterocycles. The first kappa shape index (κ1) is 14.5. The molecule has 0 fully saturated rings. The molecule has 2 aromatic rings. The van der Waals surface area contributed by atoms with E-state index in [2.05, 4.69) is 15.0 Å². The van der Waals surface area contributed by atoms with Gasteiger partial charge in [0.15, 0.2) is 0 Å². The number of carbonyl (C=O) groups is 1. The highest BCUT2D eigenvalue weighted by atomic mass is 32.1. The Morgan fingerprint density at radius 3 is 2.85 bits per heavy atom. The molecule has 1 atom stereocenters. The molecule has 0 aliphatic rings. The molecule has 106 valence electrons. The summed E-state index contributed by atoms with van der Waals surface area (Å²) in [4.78, 5) is 17.0. The monoisotopic (exact) mass is 294 g/mol. The van der Waals surface area contributed by atoms with Crippen molar-refractivity contribution in [2.75, 3.05) is 12.4 Å². The molecule has 20 heavy (non-hydrogen) atoms. The third kappa shape index (κ3) is 2.96. The molecule has 1 heterocycles. The Morgan fingerprint density at radius 2 is 2.25 bits per heavy atom. The predicted molar refractivity (Wildman–Crippen MR) is 76.6 cm³/mol. The zero-order valence-corrected chi connectivity index (χ0v) is 12.3. The quantitative estimate of drug-likeness (QED) is 0.876. The fraction of sp³-hybridized carbons (Fsp3) is 0.286. The highest BCUT2D eigenvalue weighted by Gasteiger charge is 2.17. The molecular weight excluding hydrogens is 279 g/mol. The summed E-state index contributed by atoms with van der Waals surface area (Å²) in [6, 6.07) is 3.98. The van der Waals surface area contributed by atoms with Crippen LogP contribution in [0.3, 0.4) is 0 Å². The van der Waals surface area contributed by atoms with Crippen LogP contribution in [0.4, 0.5) is 10.1 Å². The lowest BCUT2D eigenvalue weighted by Gasteiger charge is -2.16. The van der Waals surface area contributed by atoms with Crippen LogP contribution >= 0.6 is 11.3 Å². The summed E-state index contributed by atoms with van der Waals surface area (Å²) < 4.78 is 17.9. The molecule has 0 aliphatic heterocycles. The van der Waals surface area contributed by atoms with E-state index in [0.717, 1.165) is 10.6 Å². The topological polar surface area (TPSA) is 51.2 Å². The van der Waals surface area contributed by atoms with E-state index in [0.29, 0.717) is 5.69 Å². The molecule has 4 nitrogen and oxygen atoms in total. The average Bonchev–Trinajstić information content (AvgIpc) is 2.86. The molecule has 1 N–H and O–H groups in total. The van der Waals surface area contributed by atoms with Crippen molar-refractivity contribution in [3.63, 3.8) is 0 Å². The molecule has 1 aromatic heterocycles. The van der Waals surface area contributed by atoms with Crippen molar-refractivity contribution >= 4 is 23.0 Å². The smallest absolute Gasteiger partial charge is 0.340 e. The predicted octanol–water partition coefficient (Wildman–Crippen LogP) is 3.55. The lowest BCUT2D eigenvalue weighted by Crippen LogP contribution is -2.12. The minimum atomic E-state index is -0.569. The molecule has 0 radical (unpaired) electrons. The van der Waals surface area contributed by atoms with E-state index in [1.165, 1.54) is 36.6 Å². The van der Waals surface area contributed by atoms with E-state index >= 15 is 0 Å². The van der Waals surface area contributed by atoms with E-state index in [-0.39, 0.29) is 11.6 Å². The van der Waals surface area contributed by atoms with Gasteiger partial charge in [0.1, 0.15) is 5.82 Å². The summed E-state index contributed by atoms with van der Waals surface area (Å²) in [6.45, 7) is 3.89. The van der Waals surface area contributed by atoms with Crippen molar-refractivity contribution in [1.29, 1.82) is 0 Å². The largest absolute Gasteiger partial charge is 0.465 e. The fourth-order valence-corrected chi connectivity index (χ4v) is 2.76. The lowest BCUT2D eigenvalue weighted by atomic mass is 10.1. The van der Waals surface area contributed by atoms with Crippen LogP contribution in [0, 0.1) is 12.7 Å². The summed E-state index contributed by atoms with van der Waals surface area (Å²) in [5.41, 5.74) is 3.44. The van der Waals surface area contributed by atoms with E-state index in [9.17, 15) is 9.18 Å². The van der Waals surface area contributed by atoms with Crippen LogP contribution in [0.15, 0.2) is 23.7 Å². The van der Waals surface area contributed by atoms with Gasteiger partial charge in [-0.15, -0.1) is 11.3 Å². The van der Waals surface area contributed by atoms with Crippen molar-refractivity contribution in [2.45, 2.75) is 19.9 Å². The number of aromatic nitrogens is 1. The zero-order valence-electron chi connectivity index (χ0n) is 11.4. The van der Waals surface area contributed by atoms with E-state index in [4.69, 9.17) is 0 Å². The maximum Gasteiger partial charge on any atom is 0.340 e. The molecule has 1 unspecified atom stereocenters. The van der Waals surface area contributed by atoms with Gasteiger partial charge in [0.05, 0.1) is 29.9 Å². The number of esters is 1. The Bertz CT molecular complexity index is 627. The third-order valence-corrected chi connectivity index (χ3v) is 4.05. The van der Waals surface area contributed by atoms with Crippen LogP contribution in [-0.2, 0) is 4.74 Å². The Balaban J connectivity index is 2.29. The van der Waals surface area contributed by atoms with Crippen molar-refractivity contribution in [3.05, 3.63) is 45.7 Å². The minimum absolute atomic E-state index is 0.0311. The molecule has 6 heteroatoms. The first-order chi connectivity index (χ1) is 9.52. The van der Waals surface area contributed by atoms with Crippen LogP contribution in [-0.4, -0.2) is 18.1 Å². The molecule has 0 amide bonds. The number of hydrogen-bond acceptors (Lipinski definition) is 5. The van der Waals surface area contributed by atoms with Gasteiger partial charge in [-0.05, 0) is 32.0 Å². The SMILES string of the molecule is COC(=O)c1cc(F)ccc1NC(C)c1scnc1C. The van der Waals surface area contributed by atoms with E-state index in [1.807, 2.05) is 13.8 Å². The average molecular weight is 294 g/mol. The van der Waals surface area contributed by atoms with Crippen LogP contribution in [0.1, 0.15) is 33.9 Å². The maximum absolute atomic E-state index is 13.3. The van der Waals surface area contributed by atoms with Crippen molar-refractivity contribution < 1.29 is 13.9 Å². The standard InChI is InChI=1S/C14H15FN2O2S/c1-8-13(20-7-16-8)9(2)17-12-5-4-10(15)6-11(12)14(18)19-3/h4-7,9,17H,1-3H3. The maximum atomic E-state index is 13.3. The van der Waals surface area contributed by atoms with Crippen LogP contribution in [0.2, 0.25) is 0 Å². The van der Waals surface area contributed by atoms with Gasteiger partial charge in [0, 0.05) is 10.6 Å². The molecule has 0 aliphatic carbocycles. The number of nitrogens with one attached hydrogen (secondary N) is 1. The van der Waals surface area contributed by atoms with Gasteiger partial charge in [-0.1, -0.05) is 0 Å².